The van der Waals surface area contributed by atoms with Gasteiger partial charge in [0.1, 0.15) is 5.82 Å². The number of hydrogen-bond acceptors (Lipinski definition) is 4. The number of para-hydroxylation sites is 1. The molecule has 1 aliphatic heterocycles. The van der Waals surface area contributed by atoms with Crippen LogP contribution in [0.4, 0.5) is 9.18 Å². The fourth-order valence-corrected chi connectivity index (χ4v) is 4.50. The van der Waals surface area contributed by atoms with Crippen LogP contribution >= 0.6 is 11.3 Å². The van der Waals surface area contributed by atoms with Crippen LogP contribution in [0.3, 0.4) is 0 Å². The lowest BCUT2D eigenvalue weighted by molar-refractivity contribution is 0.0660. The van der Waals surface area contributed by atoms with Gasteiger partial charge in [0.25, 0.3) is 5.91 Å². The second-order valence-electron chi connectivity index (χ2n) is 7.17. The summed E-state index contributed by atoms with van der Waals surface area (Å²) in [7, 11) is 0. The second kappa shape index (κ2) is 9.21. The number of carbonyl (C=O) groups is 2. The summed E-state index contributed by atoms with van der Waals surface area (Å²) >= 11 is 1.69. The summed E-state index contributed by atoms with van der Waals surface area (Å²) < 4.78 is 15.0. The molecule has 3 amide bonds. The highest BCUT2D eigenvalue weighted by Crippen LogP contribution is 2.22. The third-order valence-corrected chi connectivity index (χ3v) is 6.24. The number of urea groups is 1. The topological polar surface area (TPSA) is 65.5 Å². The number of hydrogen-bond donors (Lipinski definition) is 1. The van der Waals surface area contributed by atoms with E-state index in [1.807, 2.05) is 18.2 Å². The van der Waals surface area contributed by atoms with Crippen molar-refractivity contribution in [2.75, 3.05) is 32.7 Å². The normalized spacial score (nSPS) is 14.2. The Hall–Kier alpha value is -3.00. The van der Waals surface area contributed by atoms with E-state index >= 15 is 0 Å². The Kier molecular flexibility index (Phi) is 6.23. The Morgan fingerprint density at radius 3 is 2.47 bits per heavy atom. The highest BCUT2D eigenvalue weighted by atomic mass is 32.1. The zero-order valence-electron chi connectivity index (χ0n) is 16.5. The van der Waals surface area contributed by atoms with Gasteiger partial charge in [-0.3, -0.25) is 4.79 Å². The number of halogens is 1. The van der Waals surface area contributed by atoms with E-state index < -0.39 is 5.82 Å². The molecule has 8 heteroatoms. The van der Waals surface area contributed by atoms with E-state index in [1.54, 1.807) is 33.3 Å². The first-order valence-electron chi connectivity index (χ1n) is 10.0. The Morgan fingerprint density at radius 1 is 1.00 bits per heavy atom. The van der Waals surface area contributed by atoms with Crippen molar-refractivity contribution in [1.29, 1.82) is 0 Å². The van der Waals surface area contributed by atoms with Gasteiger partial charge in [-0.05, 0) is 30.7 Å². The predicted molar refractivity (Wildman–Crippen MR) is 115 cm³/mol. The van der Waals surface area contributed by atoms with E-state index in [0.717, 1.165) is 23.4 Å². The van der Waals surface area contributed by atoms with Gasteiger partial charge in [0, 0.05) is 39.1 Å². The first-order valence-corrected chi connectivity index (χ1v) is 10.8. The predicted octanol–water partition coefficient (Wildman–Crippen LogP) is 3.54. The van der Waals surface area contributed by atoms with Gasteiger partial charge in [0.15, 0.2) is 0 Å². The molecule has 2 aromatic carbocycles. The number of aromatic nitrogens is 1. The molecular weight excluding hydrogens is 403 g/mol. The van der Waals surface area contributed by atoms with Crippen molar-refractivity contribution in [2.45, 2.75) is 12.8 Å². The standard InChI is InChI=1S/C22H23FN4O2S/c23-17-7-2-1-6-16(17)21(28)26-12-14-27(15-13-26)22(29)24-11-5-10-20-25-18-8-3-4-9-19(18)30-20/h1-4,6-9H,5,10-15H2,(H,24,29). The van der Waals surface area contributed by atoms with Crippen molar-refractivity contribution >= 4 is 33.5 Å². The monoisotopic (exact) mass is 426 g/mol. The molecule has 1 aromatic heterocycles. The van der Waals surface area contributed by atoms with Crippen LogP contribution in [0.1, 0.15) is 21.8 Å². The van der Waals surface area contributed by atoms with Crippen molar-refractivity contribution in [1.82, 2.24) is 20.1 Å². The van der Waals surface area contributed by atoms with Gasteiger partial charge in [0.2, 0.25) is 0 Å². The van der Waals surface area contributed by atoms with Gasteiger partial charge in [-0.25, -0.2) is 14.2 Å². The number of nitrogens with one attached hydrogen (secondary N) is 1. The number of rotatable bonds is 5. The second-order valence-corrected chi connectivity index (χ2v) is 8.29. The van der Waals surface area contributed by atoms with Crippen molar-refractivity contribution < 1.29 is 14.0 Å². The Labute approximate surface area is 178 Å². The van der Waals surface area contributed by atoms with E-state index in [2.05, 4.69) is 16.4 Å². The van der Waals surface area contributed by atoms with E-state index in [-0.39, 0.29) is 17.5 Å². The van der Waals surface area contributed by atoms with Gasteiger partial charge in [0.05, 0.1) is 20.8 Å². The maximum atomic E-state index is 13.8. The number of amides is 3. The molecule has 0 atom stereocenters. The lowest BCUT2D eigenvalue weighted by atomic mass is 10.1. The van der Waals surface area contributed by atoms with Crippen LogP contribution in [0.2, 0.25) is 0 Å². The maximum Gasteiger partial charge on any atom is 0.317 e. The molecule has 0 unspecified atom stereocenters. The molecule has 0 radical (unpaired) electrons. The van der Waals surface area contributed by atoms with E-state index in [0.29, 0.717) is 32.7 Å². The maximum absolute atomic E-state index is 13.8. The molecule has 156 valence electrons. The minimum Gasteiger partial charge on any atom is -0.338 e. The molecule has 1 saturated heterocycles. The van der Waals surface area contributed by atoms with Crippen molar-refractivity contribution in [3.63, 3.8) is 0 Å². The highest BCUT2D eigenvalue weighted by molar-refractivity contribution is 7.18. The quantitative estimate of drug-likeness (QED) is 0.635. The van der Waals surface area contributed by atoms with Crippen LogP contribution in [-0.2, 0) is 6.42 Å². The largest absolute Gasteiger partial charge is 0.338 e. The third-order valence-electron chi connectivity index (χ3n) is 5.14. The fourth-order valence-electron chi connectivity index (χ4n) is 3.49. The van der Waals surface area contributed by atoms with Crippen LogP contribution in [-0.4, -0.2) is 59.4 Å². The van der Waals surface area contributed by atoms with Crippen molar-refractivity contribution in [3.05, 3.63) is 64.9 Å². The molecular formula is C22H23FN4O2S. The number of thiazole rings is 1. The van der Waals surface area contributed by atoms with Crippen LogP contribution in [0.15, 0.2) is 48.5 Å². The summed E-state index contributed by atoms with van der Waals surface area (Å²) in [5.41, 5.74) is 1.09. The average molecular weight is 427 g/mol. The zero-order chi connectivity index (χ0) is 20.9. The van der Waals surface area contributed by atoms with Gasteiger partial charge >= 0.3 is 6.03 Å². The Balaban J connectivity index is 1.20. The molecule has 0 aliphatic carbocycles. The number of nitrogens with zero attached hydrogens (tertiary/aromatic N) is 3. The molecule has 4 rings (SSSR count). The molecule has 6 nitrogen and oxygen atoms in total. The van der Waals surface area contributed by atoms with E-state index in [1.165, 1.54) is 16.8 Å². The molecule has 2 heterocycles. The van der Waals surface area contributed by atoms with Crippen LogP contribution in [0.5, 0.6) is 0 Å². The Morgan fingerprint density at radius 2 is 1.70 bits per heavy atom. The van der Waals surface area contributed by atoms with Crippen molar-refractivity contribution in [3.8, 4) is 0 Å². The molecule has 1 aliphatic rings. The minimum absolute atomic E-state index is 0.0743. The summed E-state index contributed by atoms with van der Waals surface area (Å²) in [6.07, 6.45) is 1.64. The number of piperazine rings is 1. The molecule has 0 bridgehead atoms. The first-order chi connectivity index (χ1) is 14.6. The summed E-state index contributed by atoms with van der Waals surface area (Å²) in [4.78, 5) is 32.8. The first kappa shape index (κ1) is 20.3. The number of benzene rings is 2. The molecule has 3 aromatic rings. The fraction of sp³-hybridized carbons (Fsp3) is 0.318. The summed E-state index contributed by atoms with van der Waals surface area (Å²) in [6.45, 7) is 2.23. The lowest BCUT2D eigenvalue weighted by Gasteiger charge is -2.34. The van der Waals surface area contributed by atoms with Crippen molar-refractivity contribution in [2.24, 2.45) is 0 Å². The smallest absolute Gasteiger partial charge is 0.317 e. The zero-order valence-corrected chi connectivity index (χ0v) is 17.3. The minimum atomic E-state index is -0.518. The van der Waals surface area contributed by atoms with E-state index in [9.17, 15) is 14.0 Å². The average Bonchev–Trinajstić information content (AvgIpc) is 3.19. The number of aryl methyl sites for hydroxylation is 1. The van der Waals surface area contributed by atoms with Gasteiger partial charge in [-0.1, -0.05) is 24.3 Å². The summed E-state index contributed by atoms with van der Waals surface area (Å²) in [5.74, 6) is -0.847. The molecule has 1 fully saturated rings. The summed E-state index contributed by atoms with van der Waals surface area (Å²) in [6, 6.07) is 13.9. The molecule has 30 heavy (non-hydrogen) atoms. The Bertz CT molecular complexity index is 1010. The van der Waals surface area contributed by atoms with E-state index in [4.69, 9.17) is 0 Å². The van der Waals surface area contributed by atoms with Crippen LogP contribution < -0.4 is 5.32 Å². The lowest BCUT2D eigenvalue weighted by Crippen LogP contribution is -2.53. The number of carbonyl (C=O) groups excluding carboxylic acids is 2. The highest BCUT2D eigenvalue weighted by Gasteiger charge is 2.25. The third kappa shape index (κ3) is 4.59. The summed E-state index contributed by atoms with van der Waals surface area (Å²) in [5, 5.41) is 4.02. The SMILES string of the molecule is O=C(NCCCc1nc2ccccc2s1)N1CCN(C(=O)c2ccccc2F)CC1. The van der Waals surface area contributed by atoms with Gasteiger partial charge < -0.3 is 15.1 Å². The van der Waals surface area contributed by atoms with Crippen LogP contribution in [0, 0.1) is 5.82 Å². The molecule has 0 saturated carbocycles. The van der Waals surface area contributed by atoms with Gasteiger partial charge in [-0.15, -0.1) is 11.3 Å². The number of fused-ring (bicyclic) bond motifs is 1. The van der Waals surface area contributed by atoms with Gasteiger partial charge in [-0.2, -0.15) is 0 Å². The van der Waals surface area contributed by atoms with Crippen LogP contribution in [0.25, 0.3) is 10.2 Å². The molecule has 0 spiro atoms. The molecule has 1 N–H and O–H groups in total.